The molecule has 0 atom stereocenters. The monoisotopic (exact) mass is 261 g/mol. The first-order valence-electron chi connectivity index (χ1n) is 5.74. The maximum Gasteiger partial charge on any atom is 0.255 e. The highest BCUT2D eigenvalue weighted by molar-refractivity contribution is 5.97. The van der Waals surface area contributed by atoms with Crippen LogP contribution < -0.4 is 10.1 Å². The van der Waals surface area contributed by atoms with Crippen molar-refractivity contribution in [1.82, 2.24) is 15.1 Å². The van der Waals surface area contributed by atoms with E-state index in [-0.39, 0.29) is 17.2 Å². The molecule has 0 bridgehead atoms. The first-order chi connectivity index (χ1) is 9.10. The average Bonchev–Trinajstić information content (AvgIpc) is 2.82. The van der Waals surface area contributed by atoms with Crippen LogP contribution in [0.5, 0.6) is 11.5 Å². The minimum absolute atomic E-state index is 0.0840. The van der Waals surface area contributed by atoms with Crippen LogP contribution in [0.2, 0.25) is 0 Å². The van der Waals surface area contributed by atoms with Gasteiger partial charge in [-0.3, -0.25) is 9.48 Å². The third-order valence-corrected chi connectivity index (χ3v) is 2.65. The van der Waals surface area contributed by atoms with Crippen molar-refractivity contribution < 1.29 is 14.6 Å². The van der Waals surface area contributed by atoms with E-state index in [2.05, 4.69) is 10.4 Å². The van der Waals surface area contributed by atoms with Gasteiger partial charge in [0.15, 0.2) is 0 Å². The standard InChI is InChI=1S/C13H15N3O3/c1-16-6-5-9(15-16)8-14-13(18)11-7-10(19-2)3-4-12(11)17/h3-7,17H,8H2,1-2H3,(H,14,18). The number of rotatable bonds is 4. The summed E-state index contributed by atoms with van der Waals surface area (Å²) in [7, 11) is 3.31. The van der Waals surface area contributed by atoms with Crippen molar-refractivity contribution in [3.05, 3.63) is 41.7 Å². The molecule has 0 aliphatic rings. The summed E-state index contributed by atoms with van der Waals surface area (Å²) >= 11 is 0. The molecule has 1 aromatic heterocycles. The van der Waals surface area contributed by atoms with Gasteiger partial charge in [0.05, 0.1) is 24.9 Å². The highest BCUT2D eigenvalue weighted by Crippen LogP contribution is 2.22. The van der Waals surface area contributed by atoms with Gasteiger partial charge in [0.2, 0.25) is 0 Å². The molecule has 1 aromatic carbocycles. The SMILES string of the molecule is COc1ccc(O)c(C(=O)NCc2ccn(C)n2)c1. The molecule has 2 aromatic rings. The van der Waals surface area contributed by atoms with Crippen molar-refractivity contribution in [2.24, 2.45) is 7.05 Å². The number of aromatic nitrogens is 2. The number of nitrogens with zero attached hydrogens (tertiary/aromatic N) is 2. The third-order valence-electron chi connectivity index (χ3n) is 2.65. The molecule has 1 amide bonds. The van der Waals surface area contributed by atoms with Gasteiger partial charge in [-0.25, -0.2) is 0 Å². The van der Waals surface area contributed by atoms with E-state index in [0.717, 1.165) is 5.69 Å². The van der Waals surface area contributed by atoms with Crippen LogP contribution in [-0.4, -0.2) is 27.9 Å². The zero-order valence-electron chi connectivity index (χ0n) is 10.8. The second kappa shape index (κ2) is 5.43. The highest BCUT2D eigenvalue weighted by atomic mass is 16.5. The molecule has 1 heterocycles. The quantitative estimate of drug-likeness (QED) is 0.863. The van der Waals surface area contributed by atoms with E-state index in [9.17, 15) is 9.90 Å². The molecule has 2 rings (SSSR count). The van der Waals surface area contributed by atoms with Gasteiger partial charge in [0.1, 0.15) is 11.5 Å². The number of methoxy groups -OCH3 is 1. The van der Waals surface area contributed by atoms with Gasteiger partial charge in [-0.1, -0.05) is 0 Å². The highest BCUT2D eigenvalue weighted by Gasteiger charge is 2.12. The van der Waals surface area contributed by atoms with Crippen LogP contribution in [0.1, 0.15) is 16.1 Å². The lowest BCUT2D eigenvalue weighted by atomic mass is 10.1. The Kier molecular flexibility index (Phi) is 3.70. The summed E-state index contributed by atoms with van der Waals surface area (Å²) in [4.78, 5) is 12.0. The molecule has 0 fully saturated rings. The zero-order valence-corrected chi connectivity index (χ0v) is 10.8. The van der Waals surface area contributed by atoms with Gasteiger partial charge in [-0.15, -0.1) is 0 Å². The fraction of sp³-hybridized carbons (Fsp3) is 0.231. The topological polar surface area (TPSA) is 76.4 Å². The van der Waals surface area contributed by atoms with Gasteiger partial charge >= 0.3 is 0 Å². The lowest BCUT2D eigenvalue weighted by Crippen LogP contribution is -2.23. The van der Waals surface area contributed by atoms with Crippen molar-refractivity contribution in [2.45, 2.75) is 6.54 Å². The Hall–Kier alpha value is -2.50. The van der Waals surface area contributed by atoms with Crippen LogP contribution in [0.3, 0.4) is 0 Å². The number of hydrogen-bond acceptors (Lipinski definition) is 4. The lowest BCUT2D eigenvalue weighted by molar-refractivity contribution is 0.0947. The van der Waals surface area contributed by atoms with Gasteiger partial charge in [-0.2, -0.15) is 5.10 Å². The first-order valence-corrected chi connectivity index (χ1v) is 5.74. The summed E-state index contributed by atoms with van der Waals surface area (Å²) in [6.45, 7) is 0.302. The summed E-state index contributed by atoms with van der Waals surface area (Å²) in [5.74, 6) is 0.0576. The number of aromatic hydroxyl groups is 1. The van der Waals surface area contributed by atoms with Gasteiger partial charge in [0.25, 0.3) is 5.91 Å². The minimum Gasteiger partial charge on any atom is -0.507 e. The summed E-state index contributed by atoms with van der Waals surface area (Å²) in [6.07, 6.45) is 1.80. The number of aryl methyl sites for hydroxylation is 1. The molecule has 0 unspecified atom stereocenters. The van der Waals surface area contributed by atoms with Crippen LogP contribution in [0, 0.1) is 0 Å². The van der Waals surface area contributed by atoms with E-state index in [1.807, 2.05) is 6.07 Å². The molecule has 100 valence electrons. The molecule has 6 nitrogen and oxygen atoms in total. The van der Waals surface area contributed by atoms with Crippen LogP contribution >= 0.6 is 0 Å². The molecule has 6 heteroatoms. The van der Waals surface area contributed by atoms with E-state index in [0.29, 0.717) is 12.3 Å². The Balaban J connectivity index is 2.07. The second-order valence-corrected chi connectivity index (χ2v) is 4.05. The molecule has 0 spiro atoms. The molecular weight excluding hydrogens is 246 g/mol. The molecule has 0 aliphatic heterocycles. The fourth-order valence-corrected chi connectivity index (χ4v) is 1.65. The first kappa shape index (κ1) is 12.9. The number of carbonyl (C=O) groups is 1. The average molecular weight is 261 g/mol. The molecule has 0 radical (unpaired) electrons. The lowest BCUT2D eigenvalue weighted by Gasteiger charge is -2.07. The minimum atomic E-state index is -0.373. The predicted octanol–water partition coefficient (Wildman–Crippen LogP) is 1.06. The maximum absolute atomic E-state index is 12.0. The molecule has 0 aliphatic carbocycles. The zero-order chi connectivity index (χ0) is 13.8. The van der Waals surface area contributed by atoms with E-state index in [1.165, 1.54) is 19.2 Å². The van der Waals surface area contributed by atoms with Crippen LogP contribution in [0.4, 0.5) is 0 Å². The molecule has 0 saturated heterocycles. The van der Waals surface area contributed by atoms with Gasteiger partial charge < -0.3 is 15.2 Å². The van der Waals surface area contributed by atoms with Gasteiger partial charge in [0, 0.05) is 13.2 Å². The maximum atomic E-state index is 12.0. The Morgan fingerprint density at radius 1 is 1.47 bits per heavy atom. The Morgan fingerprint density at radius 3 is 2.89 bits per heavy atom. The van der Waals surface area contributed by atoms with E-state index < -0.39 is 0 Å². The van der Waals surface area contributed by atoms with Crippen molar-refractivity contribution in [3.8, 4) is 11.5 Å². The molecular formula is C13H15N3O3. The summed E-state index contributed by atoms with van der Waals surface area (Å²) in [6, 6.07) is 6.31. The van der Waals surface area contributed by atoms with Crippen LogP contribution in [-0.2, 0) is 13.6 Å². The number of hydrogen-bond donors (Lipinski definition) is 2. The molecule has 0 saturated carbocycles. The molecule has 2 N–H and O–H groups in total. The number of phenols is 1. The number of benzene rings is 1. The number of ether oxygens (including phenoxy) is 1. The largest absolute Gasteiger partial charge is 0.507 e. The van der Waals surface area contributed by atoms with E-state index in [1.54, 1.807) is 24.0 Å². The van der Waals surface area contributed by atoms with Crippen molar-refractivity contribution in [3.63, 3.8) is 0 Å². The van der Waals surface area contributed by atoms with E-state index in [4.69, 9.17) is 4.74 Å². The third kappa shape index (κ3) is 3.04. The number of carbonyl (C=O) groups excluding carboxylic acids is 1. The van der Waals surface area contributed by atoms with Crippen molar-refractivity contribution in [2.75, 3.05) is 7.11 Å². The Labute approximate surface area is 110 Å². The van der Waals surface area contributed by atoms with Crippen LogP contribution in [0.25, 0.3) is 0 Å². The van der Waals surface area contributed by atoms with Crippen molar-refractivity contribution in [1.29, 1.82) is 0 Å². The second-order valence-electron chi connectivity index (χ2n) is 4.05. The smallest absolute Gasteiger partial charge is 0.255 e. The van der Waals surface area contributed by atoms with E-state index >= 15 is 0 Å². The number of nitrogens with one attached hydrogen (secondary N) is 1. The fourth-order valence-electron chi connectivity index (χ4n) is 1.65. The van der Waals surface area contributed by atoms with Gasteiger partial charge in [-0.05, 0) is 24.3 Å². The number of phenolic OH excluding ortho intramolecular Hbond substituents is 1. The normalized spacial score (nSPS) is 10.2. The summed E-state index contributed by atoms with van der Waals surface area (Å²) < 4.78 is 6.68. The Morgan fingerprint density at radius 2 is 2.26 bits per heavy atom. The molecule has 19 heavy (non-hydrogen) atoms. The summed E-state index contributed by atoms with van der Waals surface area (Å²) in [5, 5.41) is 16.5. The van der Waals surface area contributed by atoms with Crippen LogP contribution in [0.15, 0.2) is 30.5 Å². The predicted molar refractivity (Wildman–Crippen MR) is 69.0 cm³/mol. The number of amides is 1. The van der Waals surface area contributed by atoms with Crippen molar-refractivity contribution >= 4 is 5.91 Å². The summed E-state index contributed by atoms with van der Waals surface area (Å²) in [5.41, 5.74) is 0.925. The Bertz CT molecular complexity index is 593.